The second kappa shape index (κ2) is 7.26. The fourth-order valence-electron chi connectivity index (χ4n) is 4.06. The molecule has 0 N–H and O–H groups in total. The number of hydrogen-bond acceptors (Lipinski definition) is 3. The zero-order valence-electron chi connectivity index (χ0n) is 15.9. The number of nitrogens with zero attached hydrogens (tertiary/aromatic N) is 3. The summed E-state index contributed by atoms with van der Waals surface area (Å²) in [4.78, 5) is 20.4. The lowest BCUT2D eigenvalue weighted by Gasteiger charge is -2.35. The van der Waals surface area contributed by atoms with E-state index in [-0.39, 0.29) is 11.8 Å². The Kier molecular flexibility index (Phi) is 4.93. The summed E-state index contributed by atoms with van der Waals surface area (Å²) in [6.45, 7) is 2.45. The van der Waals surface area contributed by atoms with Gasteiger partial charge in [-0.2, -0.15) is 13.2 Å². The van der Waals surface area contributed by atoms with Crippen molar-refractivity contribution in [2.24, 2.45) is 11.8 Å². The molecule has 0 bridgehead atoms. The van der Waals surface area contributed by atoms with Crippen molar-refractivity contribution in [1.82, 2.24) is 9.88 Å². The van der Waals surface area contributed by atoms with Crippen LogP contribution in [-0.4, -0.2) is 42.5 Å². The van der Waals surface area contributed by atoms with Crippen molar-refractivity contribution < 1.29 is 18.0 Å². The van der Waals surface area contributed by atoms with Gasteiger partial charge in [0.05, 0.1) is 11.1 Å². The Morgan fingerprint density at radius 3 is 2.54 bits per heavy atom. The van der Waals surface area contributed by atoms with Gasteiger partial charge in [-0.15, -0.1) is 0 Å². The Labute approximate surface area is 162 Å². The highest BCUT2D eigenvalue weighted by Crippen LogP contribution is 2.35. The van der Waals surface area contributed by atoms with Crippen LogP contribution >= 0.6 is 0 Å². The van der Waals surface area contributed by atoms with E-state index >= 15 is 0 Å². The van der Waals surface area contributed by atoms with Crippen molar-refractivity contribution in [3.63, 3.8) is 0 Å². The first-order valence-electron chi connectivity index (χ1n) is 9.79. The van der Waals surface area contributed by atoms with Crippen LogP contribution in [0.1, 0.15) is 31.2 Å². The summed E-state index contributed by atoms with van der Waals surface area (Å²) in [5.74, 6) is 0.978. The molecule has 2 fully saturated rings. The van der Waals surface area contributed by atoms with Crippen molar-refractivity contribution in [3.8, 4) is 0 Å². The molecule has 2 aromatic rings. The van der Waals surface area contributed by atoms with Crippen LogP contribution < -0.4 is 4.90 Å². The lowest BCUT2D eigenvalue weighted by Crippen LogP contribution is -2.40. The van der Waals surface area contributed by atoms with Gasteiger partial charge < -0.3 is 9.80 Å². The Balaban J connectivity index is 1.44. The summed E-state index contributed by atoms with van der Waals surface area (Å²) in [5, 5.41) is 0.745. The van der Waals surface area contributed by atoms with Crippen LogP contribution in [0.2, 0.25) is 0 Å². The number of alkyl halides is 3. The van der Waals surface area contributed by atoms with E-state index in [0.29, 0.717) is 11.4 Å². The lowest BCUT2D eigenvalue weighted by molar-refractivity contribution is -0.137. The fraction of sp³-hybridized carbons (Fsp3) is 0.524. The van der Waals surface area contributed by atoms with Gasteiger partial charge in [-0.3, -0.25) is 9.78 Å². The van der Waals surface area contributed by atoms with Crippen molar-refractivity contribution >= 4 is 22.5 Å². The molecule has 0 atom stereocenters. The number of amides is 1. The van der Waals surface area contributed by atoms with E-state index in [4.69, 9.17) is 0 Å². The summed E-state index contributed by atoms with van der Waals surface area (Å²) in [7, 11) is 1.89. The predicted octanol–water partition coefficient (Wildman–Crippen LogP) is 4.34. The minimum Gasteiger partial charge on any atom is -0.371 e. The third-order valence-electron chi connectivity index (χ3n) is 5.84. The fourth-order valence-corrected chi connectivity index (χ4v) is 4.06. The van der Waals surface area contributed by atoms with Crippen LogP contribution in [0.3, 0.4) is 0 Å². The van der Waals surface area contributed by atoms with Crippen LogP contribution in [0, 0.1) is 11.8 Å². The van der Waals surface area contributed by atoms with Gasteiger partial charge in [-0.05, 0) is 49.8 Å². The Morgan fingerprint density at radius 1 is 1.18 bits per heavy atom. The molecule has 4 nitrogen and oxygen atoms in total. The molecule has 0 radical (unpaired) electrons. The minimum atomic E-state index is -4.37. The van der Waals surface area contributed by atoms with Crippen LogP contribution in [0.25, 0.3) is 10.9 Å². The second-order valence-electron chi connectivity index (χ2n) is 7.98. The number of halogens is 3. The van der Waals surface area contributed by atoms with Crippen LogP contribution in [0.4, 0.5) is 18.9 Å². The van der Waals surface area contributed by atoms with Gasteiger partial charge in [0.2, 0.25) is 5.91 Å². The smallest absolute Gasteiger partial charge is 0.371 e. The summed E-state index contributed by atoms with van der Waals surface area (Å²) >= 11 is 0. The summed E-state index contributed by atoms with van der Waals surface area (Å²) in [5.41, 5.74) is 0.621. The van der Waals surface area contributed by atoms with E-state index in [1.165, 1.54) is 6.07 Å². The Hall–Kier alpha value is -2.31. The molecule has 1 amide bonds. The number of aromatic nitrogens is 1. The van der Waals surface area contributed by atoms with E-state index in [9.17, 15) is 18.0 Å². The maximum atomic E-state index is 13.0. The number of benzene rings is 1. The number of hydrogen-bond donors (Lipinski definition) is 0. The second-order valence-corrected chi connectivity index (χ2v) is 7.98. The van der Waals surface area contributed by atoms with Gasteiger partial charge in [-0.25, -0.2) is 0 Å². The number of fused-ring (bicyclic) bond motifs is 1. The van der Waals surface area contributed by atoms with Crippen molar-refractivity contribution in [2.75, 3.05) is 31.6 Å². The van der Waals surface area contributed by atoms with Crippen LogP contribution in [0.5, 0.6) is 0 Å². The SMILES string of the molecule is CN(CC1CCN(c2ccnc3cc(C(F)(F)F)ccc23)CC1)C(=O)C1CC1. The average molecular weight is 391 g/mol. The van der Waals surface area contributed by atoms with Gasteiger partial charge in [0.15, 0.2) is 0 Å². The van der Waals surface area contributed by atoms with Gasteiger partial charge in [0.1, 0.15) is 0 Å². The van der Waals surface area contributed by atoms with Gasteiger partial charge in [0.25, 0.3) is 0 Å². The minimum absolute atomic E-state index is 0.245. The highest BCUT2D eigenvalue weighted by molar-refractivity contribution is 5.92. The first-order chi connectivity index (χ1) is 13.3. The molecule has 1 aliphatic carbocycles. The number of carbonyl (C=O) groups excluding carboxylic acids is 1. The van der Waals surface area contributed by atoms with Gasteiger partial charge >= 0.3 is 6.18 Å². The molecule has 1 saturated heterocycles. The molecule has 1 aliphatic heterocycles. The molecule has 4 rings (SSSR count). The van der Waals surface area contributed by atoms with Crippen molar-refractivity contribution in [3.05, 3.63) is 36.0 Å². The molecular weight excluding hydrogens is 367 g/mol. The van der Waals surface area contributed by atoms with E-state index in [0.717, 1.165) is 68.5 Å². The molecule has 7 heteroatoms. The van der Waals surface area contributed by atoms with E-state index in [1.807, 2.05) is 18.0 Å². The third kappa shape index (κ3) is 3.93. The predicted molar refractivity (Wildman–Crippen MR) is 102 cm³/mol. The van der Waals surface area contributed by atoms with Crippen LogP contribution in [0.15, 0.2) is 30.5 Å². The maximum absolute atomic E-state index is 13.0. The molecule has 1 aromatic heterocycles. The Bertz CT molecular complexity index is 871. The van der Waals surface area contributed by atoms with Crippen molar-refractivity contribution in [2.45, 2.75) is 31.9 Å². The topological polar surface area (TPSA) is 36.4 Å². The normalized spacial score (nSPS) is 18.5. The summed E-state index contributed by atoms with van der Waals surface area (Å²) in [6, 6.07) is 5.63. The molecule has 150 valence electrons. The number of pyridine rings is 1. The number of anilines is 1. The standard InChI is InChI=1S/C21H24F3N3O/c1-26(20(28)15-2-3-15)13-14-7-10-27(11-8-14)19-6-9-25-18-12-16(21(22,23)24)4-5-17(18)19/h4-6,9,12,14-15H,2-3,7-8,10-11,13H2,1H3. The average Bonchev–Trinajstić information content (AvgIpc) is 3.51. The monoisotopic (exact) mass is 391 g/mol. The highest BCUT2D eigenvalue weighted by atomic mass is 19.4. The Morgan fingerprint density at radius 2 is 1.89 bits per heavy atom. The molecular formula is C21H24F3N3O. The molecule has 1 aromatic carbocycles. The largest absolute Gasteiger partial charge is 0.416 e. The number of piperidine rings is 1. The molecule has 0 spiro atoms. The zero-order valence-corrected chi connectivity index (χ0v) is 15.9. The van der Waals surface area contributed by atoms with Gasteiger partial charge in [-0.1, -0.05) is 6.07 Å². The molecule has 2 aliphatic rings. The molecule has 28 heavy (non-hydrogen) atoms. The number of carbonyl (C=O) groups is 1. The molecule has 1 saturated carbocycles. The lowest BCUT2D eigenvalue weighted by atomic mass is 9.95. The van der Waals surface area contributed by atoms with E-state index in [1.54, 1.807) is 6.20 Å². The van der Waals surface area contributed by atoms with Gasteiger partial charge in [0, 0.05) is 49.9 Å². The first-order valence-corrected chi connectivity index (χ1v) is 9.79. The van der Waals surface area contributed by atoms with Crippen LogP contribution in [-0.2, 0) is 11.0 Å². The maximum Gasteiger partial charge on any atom is 0.416 e. The van der Waals surface area contributed by atoms with E-state index < -0.39 is 11.7 Å². The summed E-state index contributed by atoms with van der Waals surface area (Å²) < 4.78 is 38.9. The highest BCUT2D eigenvalue weighted by Gasteiger charge is 2.33. The summed E-state index contributed by atoms with van der Waals surface area (Å²) in [6.07, 6.45) is 1.18. The first kappa shape index (κ1) is 19.0. The number of rotatable bonds is 4. The zero-order chi connectivity index (χ0) is 19.9. The van der Waals surface area contributed by atoms with Crippen molar-refractivity contribution in [1.29, 1.82) is 0 Å². The molecule has 2 heterocycles. The quantitative estimate of drug-likeness (QED) is 0.778. The third-order valence-corrected chi connectivity index (χ3v) is 5.84. The molecule has 0 unspecified atom stereocenters. The van der Waals surface area contributed by atoms with E-state index in [2.05, 4.69) is 9.88 Å².